The van der Waals surface area contributed by atoms with Crippen LogP contribution in [0.4, 0.5) is 32.1 Å². The maximum Gasteiger partial charge on any atom is 0.243 e. The SMILES string of the molecule is C=CC(=O)N[C@H]1COC[C@H]1Nc1cc2c(N3CCOC(CCOc4cc(OC)c(Cl)c(-c5cc6cnc(N[C@@H]7COC[C@@H]7NC(=O)C=C)cc6c(N6CC(C)OC(C)C6)n5)c4Cl)C3)nc(-c3c(F)c(OC)cc(OC)c3F)cc2cn1. The van der Waals surface area contributed by atoms with Gasteiger partial charge in [-0.05, 0) is 50.3 Å². The minimum Gasteiger partial charge on any atom is -0.495 e. The summed E-state index contributed by atoms with van der Waals surface area (Å²) >= 11 is 14.5. The van der Waals surface area contributed by atoms with E-state index in [2.05, 4.69) is 44.3 Å². The number of aromatic nitrogens is 4. The molecule has 4 aliphatic heterocycles. The first-order valence-corrected chi connectivity index (χ1v) is 27.1. The second kappa shape index (κ2) is 24.8. The van der Waals surface area contributed by atoms with Crippen LogP contribution in [0, 0.1) is 11.6 Å². The van der Waals surface area contributed by atoms with Crippen LogP contribution >= 0.6 is 23.2 Å². The number of hydrogen-bond acceptors (Lipinski definition) is 18. The van der Waals surface area contributed by atoms with Crippen molar-refractivity contribution in [2.75, 3.05) is 108 Å². The van der Waals surface area contributed by atoms with E-state index < -0.39 is 23.3 Å². The number of halogens is 4. The number of morpholine rings is 2. The number of hydrogen-bond donors (Lipinski definition) is 4. The van der Waals surface area contributed by atoms with Crippen LogP contribution in [-0.4, -0.2) is 161 Å². The monoisotopic (exact) mass is 1150 g/mol. The second-order valence-corrected chi connectivity index (χ2v) is 20.8. The Labute approximate surface area is 476 Å². The summed E-state index contributed by atoms with van der Waals surface area (Å²) in [6.07, 6.45) is 5.53. The Hall–Kier alpha value is -7.34. The summed E-state index contributed by atoms with van der Waals surface area (Å²) in [5.74, 6) is -0.295. The maximum absolute atomic E-state index is 16.2. The van der Waals surface area contributed by atoms with Crippen LogP contribution < -0.4 is 50.0 Å². The van der Waals surface area contributed by atoms with Gasteiger partial charge in [0.2, 0.25) is 11.8 Å². The molecule has 4 saturated heterocycles. The molecule has 8 heterocycles. The highest BCUT2D eigenvalue weighted by Gasteiger charge is 2.34. The van der Waals surface area contributed by atoms with Crippen molar-refractivity contribution >= 4 is 79.8 Å². The molecule has 3 unspecified atom stereocenters. The van der Waals surface area contributed by atoms with Gasteiger partial charge in [-0.1, -0.05) is 36.4 Å². The summed E-state index contributed by atoms with van der Waals surface area (Å²) < 4.78 is 79.1. The van der Waals surface area contributed by atoms with Gasteiger partial charge in [0, 0.05) is 84.2 Å². The number of ether oxygens (including phenoxy) is 8. The Morgan fingerprint density at radius 2 is 1.17 bits per heavy atom. The van der Waals surface area contributed by atoms with Crippen LogP contribution in [0.15, 0.2) is 74.1 Å². The van der Waals surface area contributed by atoms with E-state index in [9.17, 15) is 9.59 Å². The number of nitrogens with zero attached hydrogens (tertiary/aromatic N) is 6. The summed E-state index contributed by atoms with van der Waals surface area (Å²) in [7, 11) is 4.07. The number of methoxy groups -OCH3 is 3. The van der Waals surface area contributed by atoms with Crippen LogP contribution in [0.5, 0.6) is 23.0 Å². The number of nitrogens with one attached hydrogen (secondary N) is 4. The molecule has 2 amide bonds. The van der Waals surface area contributed by atoms with Crippen molar-refractivity contribution in [3.05, 3.63) is 95.8 Å². The smallest absolute Gasteiger partial charge is 0.243 e. The van der Waals surface area contributed by atoms with Gasteiger partial charge in [0.05, 0.1) is 130 Å². The van der Waals surface area contributed by atoms with Gasteiger partial charge in [0.1, 0.15) is 34.8 Å². The lowest BCUT2D eigenvalue weighted by molar-refractivity contribution is -0.118. The van der Waals surface area contributed by atoms with E-state index in [1.165, 1.54) is 33.5 Å². The van der Waals surface area contributed by atoms with Gasteiger partial charge in [-0.15, -0.1) is 0 Å². The van der Waals surface area contributed by atoms with E-state index in [4.69, 9.17) is 76.0 Å². The van der Waals surface area contributed by atoms with Crippen molar-refractivity contribution in [2.45, 2.75) is 62.7 Å². The fraction of sp³-hybridized carbons (Fsp3) is 0.404. The molecule has 0 radical (unpaired) electrons. The van der Waals surface area contributed by atoms with E-state index in [1.54, 1.807) is 24.5 Å². The Balaban J connectivity index is 0.936. The number of carbonyl (C=O) groups is 2. The summed E-state index contributed by atoms with van der Waals surface area (Å²) in [6, 6.07) is 8.72. The predicted octanol–water partition coefficient (Wildman–Crippen LogP) is 7.77. The third kappa shape index (κ3) is 12.2. The summed E-state index contributed by atoms with van der Waals surface area (Å²) in [5.41, 5.74) is 0.384. The third-order valence-corrected chi connectivity index (χ3v) is 15.3. The number of carbonyl (C=O) groups excluding carboxylic acids is 2. The molecule has 7 atom stereocenters. The van der Waals surface area contributed by atoms with Gasteiger partial charge in [0.25, 0.3) is 0 Å². The zero-order chi connectivity index (χ0) is 57.1. The third-order valence-electron chi connectivity index (χ3n) is 14.5. The fourth-order valence-corrected chi connectivity index (χ4v) is 11.3. The number of benzene rings is 2. The summed E-state index contributed by atoms with van der Waals surface area (Å²) in [5, 5.41) is 15.8. The molecule has 4 fully saturated rings. The normalized spacial score (nSPS) is 21.9. The van der Waals surface area contributed by atoms with Crippen molar-refractivity contribution in [1.82, 2.24) is 30.6 Å². The van der Waals surface area contributed by atoms with Gasteiger partial charge >= 0.3 is 0 Å². The molecule has 0 saturated carbocycles. The molecule has 10 rings (SSSR count). The van der Waals surface area contributed by atoms with Gasteiger partial charge in [0.15, 0.2) is 23.1 Å². The first-order valence-electron chi connectivity index (χ1n) is 26.4. The molecule has 24 heteroatoms. The topological polar surface area (TPSA) is 214 Å². The molecule has 6 aromatic rings. The molecule has 0 bridgehead atoms. The standard InChI is InChI=1S/C57H62Cl2F2N10O10/c1-8-48(72)66-40-27-77-25-38(40)64-46-16-34-32(21-63-46)15-37(51-54(60)44(75-6)19-45(76-7)55(51)61)69-56(34)70-11-13-79-33(24-70)10-12-80-43-18-42(74-5)52(58)50(53(43)59)36-14-31-20-62-47(65-39-26-78-28-41(39)67-49(73)9-2)17-35(31)57(68-36)71-22-29(3)81-30(4)23-71/h8-9,14-21,29-30,33,38-41H,1-2,10-13,22-28H2,3-7H3,(H,62,65)(H,63,64)(H,66,72)(H,67,73)/t29?,30?,33?,38-,39-,40+,41+/m1/s1. The van der Waals surface area contributed by atoms with Gasteiger partial charge < -0.3 is 69.0 Å². The van der Waals surface area contributed by atoms with E-state index >= 15 is 8.78 Å². The van der Waals surface area contributed by atoms with Crippen molar-refractivity contribution in [3.8, 4) is 45.5 Å². The Bertz CT molecular complexity index is 3350. The number of fused-ring (bicyclic) bond motifs is 2. The number of anilines is 4. The molecular formula is C57H62Cl2F2N10O10. The largest absolute Gasteiger partial charge is 0.495 e. The quantitative estimate of drug-likeness (QED) is 0.0570. The van der Waals surface area contributed by atoms with Crippen LogP contribution in [0.2, 0.25) is 10.0 Å². The molecule has 81 heavy (non-hydrogen) atoms. The molecule has 4 aromatic heterocycles. The summed E-state index contributed by atoms with van der Waals surface area (Å²) in [6.45, 7) is 14.6. The number of rotatable bonds is 19. The first kappa shape index (κ1) is 56.9. The van der Waals surface area contributed by atoms with Crippen molar-refractivity contribution in [2.24, 2.45) is 0 Å². The van der Waals surface area contributed by atoms with Gasteiger partial charge in [-0.3, -0.25) is 9.59 Å². The molecule has 0 spiro atoms. The predicted molar refractivity (Wildman–Crippen MR) is 305 cm³/mol. The number of pyridine rings is 4. The minimum absolute atomic E-state index is 0.0160. The minimum atomic E-state index is -0.952. The van der Waals surface area contributed by atoms with E-state index in [0.29, 0.717) is 103 Å². The first-order chi connectivity index (χ1) is 39.2. The van der Waals surface area contributed by atoms with Crippen molar-refractivity contribution < 1.29 is 56.3 Å². The van der Waals surface area contributed by atoms with E-state index in [1.807, 2.05) is 36.9 Å². The van der Waals surface area contributed by atoms with Crippen molar-refractivity contribution in [1.29, 1.82) is 0 Å². The Morgan fingerprint density at radius 1 is 0.679 bits per heavy atom. The average Bonchev–Trinajstić information content (AvgIpc) is 4.11. The van der Waals surface area contributed by atoms with Crippen LogP contribution in [0.3, 0.4) is 0 Å². The lowest BCUT2D eigenvalue weighted by atomic mass is 10.0. The highest BCUT2D eigenvalue weighted by molar-refractivity contribution is 6.41. The molecule has 4 aliphatic rings. The zero-order valence-corrected chi connectivity index (χ0v) is 46.8. The van der Waals surface area contributed by atoms with Crippen molar-refractivity contribution in [3.63, 3.8) is 0 Å². The van der Waals surface area contributed by atoms with Gasteiger partial charge in [-0.25, -0.2) is 28.7 Å². The maximum atomic E-state index is 16.2. The van der Waals surface area contributed by atoms with Gasteiger partial charge in [-0.2, -0.15) is 0 Å². The fourth-order valence-electron chi connectivity index (χ4n) is 10.6. The Kier molecular flexibility index (Phi) is 17.4. The highest BCUT2D eigenvalue weighted by atomic mass is 35.5. The van der Waals surface area contributed by atoms with E-state index in [-0.39, 0.29) is 101 Å². The highest BCUT2D eigenvalue weighted by Crippen LogP contribution is 2.47. The van der Waals surface area contributed by atoms with Crippen LogP contribution in [0.1, 0.15) is 20.3 Å². The molecule has 0 aliphatic carbocycles. The molecular weight excluding hydrogens is 1090 g/mol. The second-order valence-electron chi connectivity index (χ2n) is 20.1. The van der Waals surface area contributed by atoms with Crippen LogP contribution in [0.25, 0.3) is 44.1 Å². The molecule has 4 N–H and O–H groups in total. The molecule has 2 aromatic carbocycles. The van der Waals surface area contributed by atoms with E-state index in [0.717, 1.165) is 16.8 Å². The van der Waals surface area contributed by atoms with Crippen LogP contribution in [-0.2, 0) is 28.5 Å². The zero-order valence-electron chi connectivity index (χ0n) is 45.3. The lowest BCUT2D eigenvalue weighted by Crippen LogP contribution is -2.46. The lowest BCUT2D eigenvalue weighted by Gasteiger charge is -2.36. The molecule has 20 nitrogen and oxygen atoms in total. The average molecular weight is 1160 g/mol. The summed E-state index contributed by atoms with van der Waals surface area (Å²) in [4.78, 5) is 48.3. The molecule has 428 valence electrons. The Morgan fingerprint density at radius 3 is 1.70 bits per heavy atom. The number of amides is 2.